The second kappa shape index (κ2) is 8.58. The van der Waals surface area contributed by atoms with Crippen LogP contribution in [0.3, 0.4) is 0 Å². The molecule has 124 valence electrons. The summed E-state index contributed by atoms with van der Waals surface area (Å²) >= 11 is 0. The highest BCUT2D eigenvalue weighted by atomic mass is 16.5. The third kappa shape index (κ3) is 4.49. The molecular weight excluding hydrogens is 304 g/mol. The Morgan fingerprint density at radius 3 is 2.38 bits per heavy atom. The number of para-hydroxylation sites is 1. The van der Waals surface area contributed by atoms with Gasteiger partial charge in [-0.1, -0.05) is 48.6 Å². The molecule has 0 bridgehead atoms. The van der Waals surface area contributed by atoms with E-state index in [1.54, 1.807) is 26.4 Å². The lowest BCUT2D eigenvalue weighted by Gasteiger charge is -2.13. The van der Waals surface area contributed by atoms with Gasteiger partial charge in [-0.15, -0.1) is 0 Å². The predicted octanol–water partition coefficient (Wildman–Crippen LogP) is 4.17. The summed E-state index contributed by atoms with van der Waals surface area (Å²) in [6.07, 6.45) is 5.24. The SMILES string of the molecule is COc1ccc(/C(=C/C=C/CC(=O)O)c2ccccc2OC)cc1. The molecule has 0 aliphatic rings. The summed E-state index contributed by atoms with van der Waals surface area (Å²) in [5.74, 6) is 0.675. The summed E-state index contributed by atoms with van der Waals surface area (Å²) < 4.78 is 10.7. The van der Waals surface area contributed by atoms with Crippen LogP contribution in [-0.4, -0.2) is 25.3 Å². The third-order valence-corrected chi connectivity index (χ3v) is 3.49. The molecule has 4 heteroatoms. The Balaban J connectivity index is 2.45. The standard InChI is InChI=1S/C20H20O4/c1-23-16-13-11-15(12-14-16)17(7-4-6-10-20(21)22)18-8-3-5-9-19(18)24-2/h3-9,11-14H,10H2,1-2H3,(H,21,22)/b6-4+,17-7-. The first kappa shape index (κ1) is 17.3. The van der Waals surface area contributed by atoms with Crippen LogP contribution in [0.1, 0.15) is 17.5 Å². The Labute approximate surface area is 141 Å². The van der Waals surface area contributed by atoms with Crippen molar-refractivity contribution in [1.29, 1.82) is 0 Å². The number of carbonyl (C=O) groups is 1. The van der Waals surface area contributed by atoms with E-state index in [4.69, 9.17) is 14.6 Å². The molecule has 2 aromatic carbocycles. The number of carboxylic acids is 1. The van der Waals surface area contributed by atoms with Gasteiger partial charge in [0.05, 0.1) is 20.6 Å². The van der Waals surface area contributed by atoms with E-state index in [2.05, 4.69) is 0 Å². The number of carboxylic acid groups (broad SMARTS) is 1. The predicted molar refractivity (Wildman–Crippen MR) is 94.5 cm³/mol. The zero-order valence-electron chi connectivity index (χ0n) is 13.7. The van der Waals surface area contributed by atoms with Crippen LogP contribution in [0.2, 0.25) is 0 Å². The van der Waals surface area contributed by atoms with Crippen molar-refractivity contribution < 1.29 is 19.4 Å². The molecule has 0 aliphatic heterocycles. The monoisotopic (exact) mass is 324 g/mol. The summed E-state index contributed by atoms with van der Waals surface area (Å²) in [4.78, 5) is 10.6. The van der Waals surface area contributed by atoms with Crippen LogP contribution in [0.4, 0.5) is 0 Å². The third-order valence-electron chi connectivity index (χ3n) is 3.49. The van der Waals surface area contributed by atoms with E-state index >= 15 is 0 Å². The number of hydrogen-bond donors (Lipinski definition) is 1. The van der Waals surface area contributed by atoms with Gasteiger partial charge in [-0.3, -0.25) is 4.79 Å². The molecule has 0 saturated carbocycles. The molecule has 0 unspecified atom stereocenters. The van der Waals surface area contributed by atoms with Gasteiger partial charge in [0, 0.05) is 5.56 Å². The zero-order valence-corrected chi connectivity index (χ0v) is 13.7. The molecule has 1 N–H and O–H groups in total. The van der Waals surface area contributed by atoms with Gasteiger partial charge in [-0.05, 0) is 29.3 Å². The summed E-state index contributed by atoms with van der Waals surface area (Å²) in [5, 5.41) is 8.75. The molecule has 0 amide bonds. The zero-order chi connectivity index (χ0) is 17.4. The number of methoxy groups -OCH3 is 2. The van der Waals surface area contributed by atoms with Crippen molar-refractivity contribution in [3.05, 3.63) is 77.9 Å². The van der Waals surface area contributed by atoms with Crippen LogP contribution in [0, 0.1) is 0 Å². The number of hydrogen-bond acceptors (Lipinski definition) is 3. The molecule has 0 aromatic heterocycles. The van der Waals surface area contributed by atoms with Gasteiger partial charge >= 0.3 is 5.97 Å². The lowest BCUT2D eigenvalue weighted by atomic mass is 9.96. The maximum Gasteiger partial charge on any atom is 0.307 e. The Kier molecular flexibility index (Phi) is 6.20. The molecule has 0 saturated heterocycles. The largest absolute Gasteiger partial charge is 0.497 e. The van der Waals surface area contributed by atoms with Gasteiger partial charge in [0.15, 0.2) is 0 Å². The minimum absolute atomic E-state index is 0.0156. The number of ether oxygens (including phenoxy) is 2. The van der Waals surface area contributed by atoms with Gasteiger partial charge in [-0.25, -0.2) is 0 Å². The van der Waals surface area contributed by atoms with Crippen molar-refractivity contribution in [2.75, 3.05) is 14.2 Å². The highest BCUT2D eigenvalue weighted by Gasteiger charge is 2.10. The number of aliphatic carboxylic acids is 1. The smallest absolute Gasteiger partial charge is 0.307 e. The van der Waals surface area contributed by atoms with Gasteiger partial charge in [0.25, 0.3) is 0 Å². The second-order valence-corrected chi connectivity index (χ2v) is 5.04. The normalized spacial score (nSPS) is 11.5. The first-order chi connectivity index (χ1) is 11.7. The van der Waals surface area contributed by atoms with Crippen molar-refractivity contribution in [2.24, 2.45) is 0 Å². The molecule has 0 spiro atoms. The summed E-state index contributed by atoms with van der Waals surface area (Å²) in [6, 6.07) is 15.4. The Morgan fingerprint density at radius 1 is 1.04 bits per heavy atom. The van der Waals surface area contributed by atoms with E-state index in [-0.39, 0.29) is 6.42 Å². The second-order valence-electron chi connectivity index (χ2n) is 5.04. The first-order valence-corrected chi connectivity index (χ1v) is 7.52. The van der Waals surface area contributed by atoms with E-state index in [1.807, 2.05) is 54.6 Å². The molecule has 0 atom stereocenters. The number of benzene rings is 2. The van der Waals surface area contributed by atoms with Crippen LogP contribution in [0.25, 0.3) is 5.57 Å². The molecule has 0 heterocycles. The van der Waals surface area contributed by atoms with Gasteiger partial charge in [0.2, 0.25) is 0 Å². The molecule has 4 nitrogen and oxygen atoms in total. The fourth-order valence-electron chi connectivity index (χ4n) is 2.31. The van der Waals surface area contributed by atoms with E-state index in [1.165, 1.54) is 0 Å². The topological polar surface area (TPSA) is 55.8 Å². The Bertz CT molecular complexity index is 742. The van der Waals surface area contributed by atoms with Crippen LogP contribution in [0.15, 0.2) is 66.8 Å². The molecule has 0 radical (unpaired) electrons. The fourth-order valence-corrected chi connectivity index (χ4v) is 2.31. The summed E-state index contributed by atoms with van der Waals surface area (Å²) in [5.41, 5.74) is 2.86. The van der Waals surface area contributed by atoms with Crippen LogP contribution in [-0.2, 0) is 4.79 Å². The molecule has 0 aliphatic carbocycles. The Morgan fingerprint density at radius 2 is 1.75 bits per heavy atom. The number of allylic oxidation sites excluding steroid dienone is 2. The number of rotatable bonds is 7. The summed E-state index contributed by atoms with van der Waals surface area (Å²) in [6.45, 7) is 0. The Hall–Kier alpha value is -3.01. The van der Waals surface area contributed by atoms with Gasteiger partial charge in [0.1, 0.15) is 11.5 Å². The molecule has 0 fully saturated rings. The highest BCUT2D eigenvalue weighted by Crippen LogP contribution is 2.31. The maximum absolute atomic E-state index is 10.6. The maximum atomic E-state index is 10.6. The average molecular weight is 324 g/mol. The lowest BCUT2D eigenvalue weighted by Crippen LogP contribution is -1.94. The van der Waals surface area contributed by atoms with Crippen molar-refractivity contribution >= 4 is 11.5 Å². The molecule has 24 heavy (non-hydrogen) atoms. The van der Waals surface area contributed by atoms with Crippen LogP contribution < -0.4 is 9.47 Å². The van der Waals surface area contributed by atoms with Gasteiger partial charge < -0.3 is 14.6 Å². The molecular formula is C20H20O4. The van der Waals surface area contributed by atoms with Crippen LogP contribution >= 0.6 is 0 Å². The first-order valence-electron chi connectivity index (χ1n) is 7.52. The summed E-state index contributed by atoms with van der Waals surface area (Å²) in [7, 11) is 3.26. The molecule has 2 rings (SSSR count). The van der Waals surface area contributed by atoms with E-state index in [0.717, 1.165) is 28.2 Å². The van der Waals surface area contributed by atoms with Crippen molar-refractivity contribution in [1.82, 2.24) is 0 Å². The van der Waals surface area contributed by atoms with E-state index < -0.39 is 5.97 Å². The fraction of sp³-hybridized carbons (Fsp3) is 0.150. The minimum Gasteiger partial charge on any atom is -0.497 e. The van der Waals surface area contributed by atoms with Crippen molar-refractivity contribution in [3.63, 3.8) is 0 Å². The lowest BCUT2D eigenvalue weighted by molar-refractivity contribution is -0.136. The van der Waals surface area contributed by atoms with E-state index in [9.17, 15) is 4.79 Å². The average Bonchev–Trinajstić information content (AvgIpc) is 2.62. The minimum atomic E-state index is -0.858. The van der Waals surface area contributed by atoms with Crippen LogP contribution in [0.5, 0.6) is 11.5 Å². The van der Waals surface area contributed by atoms with Gasteiger partial charge in [-0.2, -0.15) is 0 Å². The molecule has 2 aromatic rings. The van der Waals surface area contributed by atoms with E-state index in [0.29, 0.717) is 0 Å². The quantitative estimate of drug-likeness (QED) is 0.777. The van der Waals surface area contributed by atoms with Crippen molar-refractivity contribution in [3.8, 4) is 11.5 Å². The highest BCUT2D eigenvalue weighted by molar-refractivity contribution is 5.84. The van der Waals surface area contributed by atoms with Crippen molar-refractivity contribution in [2.45, 2.75) is 6.42 Å².